The number of carbonyl (C=O) groups is 1. The lowest BCUT2D eigenvalue weighted by Gasteiger charge is -2.25. The third kappa shape index (κ3) is 6.08. The number of hydrogen-bond donors (Lipinski definition) is 1. The first-order chi connectivity index (χ1) is 7.38. The van der Waals surface area contributed by atoms with Gasteiger partial charge in [0.15, 0.2) is 0 Å². The molecule has 4 nitrogen and oxygen atoms in total. The van der Waals surface area contributed by atoms with Gasteiger partial charge in [-0.1, -0.05) is 13.8 Å². The fraction of sp³-hybridized carbons (Fsp3) is 0.917. The first-order valence-electron chi connectivity index (χ1n) is 5.92. The van der Waals surface area contributed by atoms with E-state index in [4.69, 9.17) is 4.74 Å². The van der Waals surface area contributed by atoms with Gasteiger partial charge in [0.25, 0.3) is 0 Å². The van der Waals surface area contributed by atoms with E-state index in [0.29, 0.717) is 6.04 Å². The molecule has 4 heteroatoms. The predicted molar refractivity (Wildman–Crippen MR) is 66.5 cm³/mol. The van der Waals surface area contributed by atoms with Crippen molar-refractivity contribution >= 4 is 5.97 Å². The van der Waals surface area contributed by atoms with Crippen LogP contribution in [0.15, 0.2) is 0 Å². The Morgan fingerprint density at radius 1 is 1.31 bits per heavy atom. The summed E-state index contributed by atoms with van der Waals surface area (Å²) >= 11 is 0. The molecular formula is C12H26N2O2. The van der Waals surface area contributed by atoms with E-state index in [0.717, 1.165) is 13.0 Å². The summed E-state index contributed by atoms with van der Waals surface area (Å²) in [4.78, 5) is 13.7. The summed E-state index contributed by atoms with van der Waals surface area (Å²) in [5, 5.41) is 3.22. The van der Waals surface area contributed by atoms with Crippen LogP contribution in [0.2, 0.25) is 0 Å². The number of hydrogen-bond acceptors (Lipinski definition) is 4. The van der Waals surface area contributed by atoms with Crippen molar-refractivity contribution in [2.45, 2.75) is 52.2 Å². The average Bonchev–Trinajstić information content (AvgIpc) is 2.21. The number of esters is 1. The number of methoxy groups -OCH3 is 1. The molecule has 0 saturated carbocycles. The van der Waals surface area contributed by atoms with Gasteiger partial charge in [-0.05, 0) is 27.3 Å². The molecular weight excluding hydrogens is 204 g/mol. The molecule has 0 saturated heterocycles. The Balaban J connectivity index is 4.16. The molecule has 0 spiro atoms. The number of rotatable bonds is 7. The minimum atomic E-state index is -0.203. The van der Waals surface area contributed by atoms with Crippen LogP contribution in [0.1, 0.15) is 34.1 Å². The standard InChI is InChI=1S/C12H26N2O2/c1-9(2)13-11(12(15)16-6)7-8-14(5)10(3)4/h9-11,13H,7-8H2,1-6H3. The van der Waals surface area contributed by atoms with Gasteiger partial charge in [0.1, 0.15) is 6.04 Å². The molecule has 0 radical (unpaired) electrons. The van der Waals surface area contributed by atoms with E-state index < -0.39 is 0 Å². The normalized spacial score (nSPS) is 13.6. The van der Waals surface area contributed by atoms with Gasteiger partial charge >= 0.3 is 5.97 Å². The Morgan fingerprint density at radius 3 is 2.25 bits per heavy atom. The predicted octanol–water partition coefficient (Wildman–Crippen LogP) is 1.26. The first kappa shape index (κ1) is 15.4. The van der Waals surface area contributed by atoms with Crippen molar-refractivity contribution in [1.82, 2.24) is 10.2 Å². The fourth-order valence-electron chi connectivity index (χ4n) is 1.40. The quantitative estimate of drug-likeness (QED) is 0.669. The second-order valence-corrected chi connectivity index (χ2v) is 4.76. The highest BCUT2D eigenvalue weighted by molar-refractivity contribution is 5.75. The molecule has 0 heterocycles. The molecule has 1 unspecified atom stereocenters. The van der Waals surface area contributed by atoms with E-state index in [-0.39, 0.29) is 18.1 Å². The molecule has 96 valence electrons. The van der Waals surface area contributed by atoms with Gasteiger partial charge in [0.05, 0.1) is 7.11 Å². The van der Waals surface area contributed by atoms with Crippen molar-refractivity contribution in [3.63, 3.8) is 0 Å². The molecule has 0 aromatic carbocycles. The highest BCUT2D eigenvalue weighted by Crippen LogP contribution is 2.02. The summed E-state index contributed by atoms with van der Waals surface area (Å²) in [7, 11) is 3.50. The smallest absolute Gasteiger partial charge is 0.322 e. The molecule has 16 heavy (non-hydrogen) atoms. The first-order valence-corrected chi connectivity index (χ1v) is 5.92. The van der Waals surface area contributed by atoms with Gasteiger partial charge in [-0.2, -0.15) is 0 Å². The van der Waals surface area contributed by atoms with Crippen LogP contribution >= 0.6 is 0 Å². The Bertz CT molecular complexity index is 205. The van der Waals surface area contributed by atoms with E-state index in [9.17, 15) is 4.79 Å². The van der Waals surface area contributed by atoms with Crippen LogP contribution in [0.3, 0.4) is 0 Å². The second-order valence-electron chi connectivity index (χ2n) is 4.76. The highest BCUT2D eigenvalue weighted by Gasteiger charge is 2.20. The van der Waals surface area contributed by atoms with Gasteiger partial charge in [-0.3, -0.25) is 4.79 Å². The SMILES string of the molecule is COC(=O)C(CCN(C)C(C)C)NC(C)C. The number of ether oxygens (including phenoxy) is 1. The van der Waals surface area contributed by atoms with Crippen LogP contribution in [-0.4, -0.2) is 49.7 Å². The van der Waals surface area contributed by atoms with Crippen molar-refractivity contribution in [3.05, 3.63) is 0 Å². The third-order valence-corrected chi connectivity index (χ3v) is 2.67. The van der Waals surface area contributed by atoms with Crippen LogP contribution in [-0.2, 0) is 9.53 Å². The molecule has 1 N–H and O–H groups in total. The van der Waals surface area contributed by atoms with Crippen molar-refractivity contribution < 1.29 is 9.53 Å². The minimum Gasteiger partial charge on any atom is -0.468 e. The van der Waals surface area contributed by atoms with Crippen LogP contribution in [0.4, 0.5) is 0 Å². The Morgan fingerprint density at radius 2 is 1.88 bits per heavy atom. The molecule has 0 fully saturated rings. The zero-order valence-corrected chi connectivity index (χ0v) is 11.4. The zero-order chi connectivity index (χ0) is 12.7. The van der Waals surface area contributed by atoms with E-state index in [2.05, 4.69) is 31.1 Å². The maximum atomic E-state index is 11.5. The minimum absolute atomic E-state index is 0.175. The lowest BCUT2D eigenvalue weighted by molar-refractivity contribution is -0.143. The van der Waals surface area contributed by atoms with E-state index in [1.54, 1.807) is 0 Å². The van der Waals surface area contributed by atoms with E-state index in [1.807, 2.05) is 13.8 Å². The lowest BCUT2D eigenvalue weighted by Crippen LogP contribution is -2.44. The molecule has 0 aliphatic heterocycles. The van der Waals surface area contributed by atoms with Crippen LogP contribution in [0.5, 0.6) is 0 Å². The van der Waals surface area contributed by atoms with E-state index in [1.165, 1.54) is 7.11 Å². The maximum absolute atomic E-state index is 11.5. The highest BCUT2D eigenvalue weighted by atomic mass is 16.5. The molecule has 0 amide bonds. The largest absolute Gasteiger partial charge is 0.468 e. The van der Waals surface area contributed by atoms with Gasteiger partial charge in [-0.15, -0.1) is 0 Å². The Kier molecular flexibility index (Phi) is 7.34. The summed E-state index contributed by atoms with van der Waals surface area (Å²) in [5.41, 5.74) is 0. The topological polar surface area (TPSA) is 41.6 Å². The molecule has 0 aromatic rings. The molecule has 0 rings (SSSR count). The van der Waals surface area contributed by atoms with Gasteiger partial charge in [-0.25, -0.2) is 0 Å². The number of nitrogens with zero attached hydrogens (tertiary/aromatic N) is 1. The molecule has 1 atom stereocenters. The number of carbonyl (C=O) groups excluding carboxylic acids is 1. The van der Waals surface area contributed by atoms with E-state index >= 15 is 0 Å². The molecule has 0 aliphatic rings. The van der Waals surface area contributed by atoms with Crippen molar-refractivity contribution in [2.24, 2.45) is 0 Å². The van der Waals surface area contributed by atoms with Crippen molar-refractivity contribution in [1.29, 1.82) is 0 Å². The van der Waals surface area contributed by atoms with Crippen LogP contribution < -0.4 is 5.32 Å². The second kappa shape index (κ2) is 7.63. The number of nitrogens with one attached hydrogen (secondary N) is 1. The summed E-state index contributed by atoms with van der Waals surface area (Å²) in [5.74, 6) is -0.175. The summed E-state index contributed by atoms with van der Waals surface area (Å²) in [6.07, 6.45) is 0.777. The van der Waals surface area contributed by atoms with Crippen LogP contribution in [0.25, 0.3) is 0 Å². The van der Waals surface area contributed by atoms with Gasteiger partial charge in [0.2, 0.25) is 0 Å². The van der Waals surface area contributed by atoms with Gasteiger partial charge < -0.3 is 15.0 Å². The lowest BCUT2D eigenvalue weighted by atomic mass is 10.1. The molecule has 0 aliphatic carbocycles. The maximum Gasteiger partial charge on any atom is 0.322 e. The fourth-order valence-corrected chi connectivity index (χ4v) is 1.40. The molecule has 0 aromatic heterocycles. The Hall–Kier alpha value is -0.610. The third-order valence-electron chi connectivity index (χ3n) is 2.67. The monoisotopic (exact) mass is 230 g/mol. The van der Waals surface area contributed by atoms with Crippen LogP contribution in [0, 0.1) is 0 Å². The van der Waals surface area contributed by atoms with Gasteiger partial charge in [0, 0.05) is 18.6 Å². The molecule has 0 bridgehead atoms. The van der Waals surface area contributed by atoms with Crippen molar-refractivity contribution in [3.8, 4) is 0 Å². The Labute approximate surface area is 99.3 Å². The summed E-state index contributed by atoms with van der Waals surface area (Å²) < 4.78 is 4.79. The zero-order valence-electron chi connectivity index (χ0n) is 11.4. The summed E-state index contributed by atoms with van der Waals surface area (Å²) in [6, 6.07) is 0.581. The summed E-state index contributed by atoms with van der Waals surface area (Å²) in [6.45, 7) is 9.23. The average molecular weight is 230 g/mol. The van der Waals surface area contributed by atoms with Crippen molar-refractivity contribution in [2.75, 3.05) is 20.7 Å².